The Balaban J connectivity index is 1.59. The molecular formula is C30H22N4S2. The van der Waals surface area contributed by atoms with E-state index in [0.29, 0.717) is 4.80 Å². The topological polar surface area (TPSA) is 43.1 Å². The van der Waals surface area contributed by atoms with Crippen LogP contribution in [0.3, 0.4) is 0 Å². The van der Waals surface area contributed by atoms with Gasteiger partial charge in [0.05, 0.1) is 5.69 Å². The van der Waals surface area contributed by atoms with Gasteiger partial charge in [-0.3, -0.25) is 0 Å². The molecule has 36 heavy (non-hydrogen) atoms. The van der Waals surface area contributed by atoms with Crippen molar-refractivity contribution >= 4 is 28.6 Å². The lowest BCUT2D eigenvalue weighted by atomic mass is 10.1. The van der Waals surface area contributed by atoms with Crippen LogP contribution in [0.5, 0.6) is 0 Å². The lowest BCUT2D eigenvalue weighted by Gasteiger charge is -2.06. The van der Waals surface area contributed by atoms with Crippen LogP contribution in [0.25, 0.3) is 38.2 Å². The zero-order valence-corrected chi connectivity index (χ0v) is 21.2. The molecule has 4 nitrogen and oxygen atoms in total. The van der Waals surface area contributed by atoms with E-state index in [4.69, 9.17) is 15.0 Å². The van der Waals surface area contributed by atoms with Crippen LogP contribution >= 0.6 is 22.9 Å². The predicted octanol–water partition coefficient (Wildman–Crippen LogP) is 7.93. The Labute approximate surface area is 217 Å². The molecular weight excluding hydrogens is 480 g/mol. The maximum absolute atomic E-state index is 5.11. The molecule has 0 spiro atoms. The molecule has 0 atom stereocenters. The average molecular weight is 503 g/mol. The molecule has 6 aromatic rings. The van der Waals surface area contributed by atoms with Crippen LogP contribution in [0.15, 0.2) is 120 Å². The van der Waals surface area contributed by atoms with Gasteiger partial charge in [0.2, 0.25) is 4.80 Å². The van der Waals surface area contributed by atoms with Crippen molar-refractivity contribution in [3.05, 3.63) is 126 Å². The number of hydrogen-bond donors (Lipinski definition) is 0. The lowest BCUT2D eigenvalue weighted by molar-refractivity contribution is 1.14. The minimum absolute atomic E-state index is 0.700. The summed E-state index contributed by atoms with van der Waals surface area (Å²) in [6.45, 7) is 2.08. The molecule has 0 aliphatic rings. The van der Waals surface area contributed by atoms with E-state index in [1.165, 1.54) is 17.1 Å². The average Bonchev–Trinajstić information content (AvgIpc) is 3.56. The van der Waals surface area contributed by atoms with E-state index in [1.807, 2.05) is 66.7 Å². The monoisotopic (exact) mass is 502 g/mol. The first-order valence-corrected chi connectivity index (χ1v) is 13.2. The highest BCUT2D eigenvalue weighted by Crippen LogP contribution is 2.38. The van der Waals surface area contributed by atoms with Gasteiger partial charge < -0.3 is 0 Å². The molecule has 0 aliphatic carbocycles. The fourth-order valence-electron chi connectivity index (χ4n) is 3.90. The van der Waals surface area contributed by atoms with Gasteiger partial charge >= 0.3 is 0 Å². The first-order chi connectivity index (χ1) is 17.7. The maximum Gasteiger partial charge on any atom is 0.228 e. The number of nitrogens with zero attached hydrogens (tertiary/aromatic N) is 4. The summed E-state index contributed by atoms with van der Waals surface area (Å²) in [7, 11) is 0. The molecule has 6 rings (SSSR count). The minimum Gasteiger partial charge on any atom is -0.234 e. The molecule has 0 bridgehead atoms. The molecule has 0 unspecified atom stereocenters. The van der Waals surface area contributed by atoms with Crippen LogP contribution in [0.1, 0.15) is 5.56 Å². The molecule has 0 radical (unpaired) electrons. The maximum atomic E-state index is 5.11. The Morgan fingerprint density at radius 2 is 1.22 bits per heavy atom. The normalized spacial score (nSPS) is 11.6. The van der Waals surface area contributed by atoms with E-state index in [-0.39, 0.29) is 0 Å². The summed E-state index contributed by atoms with van der Waals surface area (Å²) in [5, 5.41) is 2.00. The van der Waals surface area contributed by atoms with Gasteiger partial charge in [0.1, 0.15) is 15.7 Å². The van der Waals surface area contributed by atoms with Gasteiger partial charge in [-0.1, -0.05) is 120 Å². The highest BCUT2D eigenvalue weighted by Gasteiger charge is 2.20. The van der Waals surface area contributed by atoms with Crippen molar-refractivity contribution in [1.29, 1.82) is 0 Å². The second-order valence-corrected chi connectivity index (χ2v) is 10.2. The third-order valence-corrected chi connectivity index (χ3v) is 7.81. The van der Waals surface area contributed by atoms with Crippen LogP contribution < -0.4 is 4.80 Å². The molecule has 2 aromatic heterocycles. The molecule has 2 heterocycles. The smallest absolute Gasteiger partial charge is 0.228 e. The van der Waals surface area contributed by atoms with Crippen molar-refractivity contribution in [1.82, 2.24) is 13.9 Å². The number of aromatic nitrogens is 3. The molecule has 0 saturated heterocycles. The standard InChI is InChI=1S/C30H22N4S2/c1-21-17-19-25(20-18-21)31-30-33-27(23-13-7-3-8-14-23)34(36-30)29-26(22-11-5-2-6-12-22)32-28(35-29)24-15-9-4-10-16-24/h2-20H,1H3. The van der Waals surface area contributed by atoms with Crippen molar-refractivity contribution < 1.29 is 0 Å². The summed E-state index contributed by atoms with van der Waals surface area (Å²) in [6, 6.07) is 39.1. The number of thiazole rings is 1. The molecule has 0 fully saturated rings. The molecule has 0 N–H and O–H groups in total. The highest BCUT2D eigenvalue weighted by atomic mass is 32.1. The number of benzene rings is 4. The Kier molecular flexibility index (Phi) is 6.11. The molecule has 4 aromatic carbocycles. The number of hydrogen-bond acceptors (Lipinski definition) is 5. The third kappa shape index (κ3) is 4.56. The lowest BCUT2D eigenvalue weighted by Crippen LogP contribution is -1.97. The summed E-state index contributed by atoms with van der Waals surface area (Å²) >= 11 is 3.20. The Morgan fingerprint density at radius 1 is 0.639 bits per heavy atom. The first kappa shape index (κ1) is 22.3. The molecule has 174 valence electrons. The fourth-order valence-corrected chi connectivity index (χ4v) is 5.97. The second kappa shape index (κ2) is 9.85. The van der Waals surface area contributed by atoms with Crippen molar-refractivity contribution in [2.75, 3.05) is 0 Å². The van der Waals surface area contributed by atoms with E-state index in [1.54, 1.807) is 11.3 Å². The molecule has 0 saturated carbocycles. The van der Waals surface area contributed by atoms with E-state index >= 15 is 0 Å². The van der Waals surface area contributed by atoms with Gasteiger partial charge in [-0.25, -0.2) is 13.9 Å². The number of aryl methyl sites for hydroxylation is 1. The van der Waals surface area contributed by atoms with Crippen LogP contribution in [0, 0.1) is 6.92 Å². The molecule has 0 amide bonds. The Hall–Kier alpha value is -4.13. The van der Waals surface area contributed by atoms with Gasteiger partial charge in [0, 0.05) is 16.7 Å². The van der Waals surface area contributed by atoms with Crippen molar-refractivity contribution in [3.8, 4) is 38.2 Å². The fraction of sp³-hybridized carbons (Fsp3) is 0.0333. The SMILES string of the molecule is Cc1ccc(N=c2nc(-c3ccccc3)n(-c3sc(-c4ccccc4)nc3-c3ccccc3)s2)cc1. The number of rotatable bonds is 5. The van der Waals surface area contributed by atoms with Crippen molar-refractivity contribution in [3.63, 3.8) is 0 Å². The second-order valence-electron chi connectivity index (χ2n) is 8.32. The predicted molar refractivity (Wildman–Crippen MR) is 150 cm³/mol. The van der Waals surface area contributed by atoms with Gasteiger partial charge in [-0.15, -0.1) is 0 Å². The largest absolute Gasteiger partial charge is 0.234 e. The van der Waals surface area contributed by atoms with Gasteiger partial charge in [-0.05, 0) is 30.6 Å². The van der Waals surface area contributed by atoms with Gasteiger partial charge in [0.15, 0.2) is 5.82 Å². The van der Waals surface area contributed by atoms with E-state index in [9.17, 15) is 0 Å². The van der Waals surface area contributed by atoms with Crippen LogP contribution in [-0.4, -0.2) is 13.9 Å². The van der Waals surface area contributed by atoms with E-state index in [0.717, 1.165) is 43.9 Å². The Morgan fingerprint density at radius 3 is 1.86 bits per heavy atom. The van der Waals surface area contributed by atoms with Crippen LogP contribution in [0.2, 0.25) is 0 Å². The molecule has 6 heteroatoms. The van der Waals surface area contributed by atoms with Gasteiger partial charge in [-0.2, -0.15) is 4.98 Å². The minimum atomic E-state index is 0.700. The van der Waals surface area contributed by atoms with Crippen molar-refractivity contribution in [2.24, 2.45) is 4.99 Å². The Bertz CT molecular complexity index is 1660. The van der Waals surface area contributed by atoms with Gasteiger partial charge in [0.25, 0.3) is 0 Å². The van der Waals surface area contributed by atoms with E-state index in [2.05, 4.69) is 59.4 Å². The summed E-state index contributed by atoms with van der Waals surface area (Å²) in [5.74, 6) is 0.854. The molecule has 0 aliphatic heterocycles. The third-order valence-electron chi connectivity index (χ3n) is 5.72. The quantitative estimate of drug-likeness (QED) is 0.240. The van der Waals surface area contributed by atoms with Crippen LogP contribution in [-0.2, 0) is 0 Å². The summed E-state index contributed by atoms with van der Waals surface area (Å²) < 4.78 is 2.18. The highest BCUT2D eigenvalue weighted by molar-refractivity contribution is 7.19. The summed E-state index contributed by atoms with van der Waals surface area (Å²) in [6.07, 6.45) is 0. The zero-order chi connectivity index (χ0) is 24.3. The first-order valence-electron chi connectivity index (χ1n) is 11.6. The summed E-state index contributed by atoms with van der Waals surface area (Å²) in [5.41, 5.74) is 6.24. The van der Waals surface area contributed by atoms with E-state index < -0.39 is 0 Å². The van der Waals surface area contributed by atoms with Crippen LogP contribution in [0.4, 0.5) is 5.69 Å². The van der Waals surface area contributed by atoms with Crippen molar-refractivity contribution in [2.45, 2.75) is 6.92 Å². The zero-order valence-electron chi connectivity index (χ0n) is 19.6. The summed E-state index contributed by atoms with van der Waals surface area (Å²) in [4.78, 5) is 15.6.